The first-order chi connectivity index (χ1) is 18.5. The summed E-state index contributed by atoms with van der Waals surface area (Å²) in [5.41, 5.74) is -1.76. The number of nitrogens with one attached hydrogen (secondary N) is 2. The lowest BCUT2D eigenvalue weighted by atomic mass is 9.93. The summed E-state index contributed by atoms with van der Waals surface area (Å²) < 4.78 is 76.8. The highest BCUT2D eigenvalue weighted by atomic mass is 32.2. The fourth-order valence-electron chi connectivity index (χ4n) is 4.48. The van der Waals surface area contributed by atoms with Gasteiger partial charge in [-0.2, -0.15) is 0 Å². The topological polar surface area (TPSA) is 87.7 Å². The van der Waals surface area contributed by atoms with E-state index in [1.807, 2.05) is 23.7 Å². The van der Waals surface area contributed by atoms with Gasteiger partial charge in [-0.3, -0.25) is 4.79 Å². The Kier molecular flexibility index (Phi) is 11.1. The number of rotatable bonds is 12. The Morgan fingerprint density at radius 1 is 1.05 bits per heavy atom. The van der Waals surface area contributed by atoms with E-state index in [9.17, 15) is 17.6 Å². The van der Waals surface area contributed by atoms with Crippen molar-refractivity contribution in [3.63, 3.8) is 0 Å². The maximum absolute atomic E-state index is 15.1. The van der Waals surface area contributed by atoms with Crippen LogP contribution in [0.4, 0.5) is 18.9 Å². The number of carbonyl (C=O) groups is 1. The number of amides is 1. The summed E-state index contributed by atoms with van der Waals surface area (Å²) in [7, 11) is 0.554. The molecule has 39 heavy (non-hydrogen) atoms. The fraction of sp³-hybridized carbons (Fsp3) is 0.519. The summed E-state index contributed by atoms with van der Waals surface area (Å²) >= 11 is 1.40. The summed E-state index contributed by atoms with van der Waals surface area (Å²) in [6.07, 6.45) is 4.50. The summed E-state index contributed by atoms with van der Waals surface area (Å²) in [5.74, 6) is -2.96. The van der Waals surface area contributed by atoms with Gasteiger partial charge in [0.25, 0.3) is 15.9 Å². The van der Waals surface area contributed by atoms with E-state index in [2.05, 4.69) is 5.32 Å². The number of benzene rings is 2. The van der Waals surface area contributed by atoms with E-state index in [1.54, 1.807) is 12.1 Å². The zero-order valence-electron chi connectivity index (χ0n) is 22.4. The van der Waals surface area contributed by atoms with Crippen LogP contribution in [0.15, 0.2) is 46.2 Å². The molecule has 1 aliphatic rings. The molecule has 2 aromatic carbocycles. The minimum atomic E-state index is -4.56. The van der Waals surface area contributed by atoms with Gasteiger partial charge in [0.15, 0.2) is 11.6 Å². The molecule has 0 heterocycles. The average molecular weight is 588 g/mol. The molecule has 0 aromatic heterocycles. The number of halogens is 3. The molecule has 2 aromatic rings. The predicted molar refractivity (Wildman–Crippen MR) is 147 cm³/mol. The van der Waals surface area contributed by atoms with Gasteiger partial charge in [-0.25, -0.2) is 26.3 Å². The molecule has 1 amide bonds. The summed E-state index contributed by atoms with van der Waals surface area (Å²) in [5, 5.41) is 2.87. The van der Waals surface area contributed by atoms with Gasteiger partial charge in [0.05, 0.1) is 4.90 Å². The second-order valence-corrected chi connectivity index (χ2v) is 12.8. The van der Waals surface area contributed by atoms with E-state index in [1.165, 1.54) is 31.0 Å². The predicted octanol–water partition coefficient (Wildman–Crippen LogP) is 5.17. The Hall–Kier alpha value is -2.28. The number of nitrogens with zero attached hydrogens (tertiary/aromatic N) is 1. The van der Waals surface area contributed by atoms with Crippen LogP contribution in [0.25, 0.3) is 0 Å². The minimum absolute atomic E-state index is 0.358. The Labute approximate surface area is 232 Å². The van der Waals surface area contributed by atoms with E-state index in [0.717, 1.165) is 17.7 Å². The van der Waals surface area contributed by atoms with Gasteiger partial charge in [-0.15, -0.1) is 11.8 Å². The lowest BCUT2D eigenvalue weighted by molar-refractivity contribution is -0.143. The molecule has 0 radical (unpaired) electrons. The van der Waals surface area contributed by atoms with Crippen molar-refractivity contribution in [3.8, 4) is 0 Å². The van der Waals surface area contributed by atoms with Crippen LogP contribution in [0.3, 0.4) is 0 Å². The molecule has 0 spiro atoms. The molecule has 7 nitrogen and oxygen atoms in total. The Morgan fingerprint density at radius 3 is 2.18 bits per heavy atom. The van der Waals surface area contributed by atoms with Gasteiger partial charge >= 0.3 is 0 Å². The number of sulfonamides is 1. The number of hydrogen-bond acceptors (Lipinski definition) is 7. The standard InChI is InChI=1S/C27H36F3N3O4S2/c1-33(2)15-12-20(18-38-21-10-8-19(28)9-11-21)31-25-23(29)16-22(17-24(25)30)39(35,36)32-26(34)27(37-3)13-6-4-5-7-14-27/h8-11,16-17,20,31H,4-7,12-15,18H2,1-3H3,(H,32,34)/t20-/m1/s1. The number of carbonyl (C=O) groups excluding carboxylic acids is 1. The third-order valence-corrected chi connectivity index (χ3v) is 9.29. The van der Waals surface area contributed by atoms with Crippen LogP contribution in [0.5, 0.6) is 0 Å². The SMILES string of the molecule is COC1(C(=O)NS(=O)(=O)c2cc(F)c(N[C@H](CCN(C)C)CSc3ccc(F)cc3)c(F)c2)CCCCCC1. The largest absolute Gasteiger partial charge is 0.377 e. The Balaban J connectivity index is 1.77. The third-order valence-electron chi connectivity index (χ3n) is 6.81. The van der Waals surface area contributed by atoms with Crippen molar-refractivity contribution in [1.82, 2.24) is 9.62 Å². The van der Waals surface area contributed by atoms with Crippen molar-refractivity contribution in [1.29, 1.82) is 0 Å². The van der Waals surface area contributed by atoms with Crippen LogP contribution >= 0.6 is 11.8 Å². The fourth-order valence-corrected chi connectivity index (χ4v) is 6.52. The first-order valence-corrected chi connectivity index (χ1v) is 15.3. The Morgan fingerprint density at radius 2 is 1.64 bits per heavy atom. The smallest absolute Gasteiger partial charge is 0.265 e. The maximum Gasteiger partial charge on any atom is 0.265 e. The lowest BCUT2D eigenvalue weighted by Crippen LogP contribution is -2.49. The molecule has 12 heteroatoms. The summed E-state index contributed by atoms with van der Waals surface area (Å²) in [4.78, 5) is 15.0. The molecule has 0 unspecified atom stereocenters. The monoisotopic (exact) mass is 587 g/mol. The number of hydrogen-bond donors (Lipinski definition) is 2. The summed E-state index contributed by atoms with van der Waals surface area (Å²) in [6.45, 7) is 0.630. The number of thioether (sulfide) groups is 1. The van der Waals surface area contributed by atoms with Crippen LogP contribution < -0.4 is 10.0 Å². The maximum atomic E-state index is 15.1. The van der Waals surface area contributed by atoms with Crippen molar-refractivity contribution >= 4 is 33.4 Å². The van der Waals surface area contributed by atoms with Crippen LogP contribution in [-0.4, -0.2) is 64.4 Å². The van der Waals surface area contributed by atoms with Crippen molar-refractivity contribution in [2.24, 2.45) is 0 Å². The van der Waals surface area contributed by atoms with Crippen molar-refractivity contribution in [2.75, 3.05) is 38.8 Å². The molecule has 0 aliphatic heterocycles. The van der Waals surface area contributed by atoms with Crippen LogP contribution in [0.2, 0.25) is 0 Å². The molecule has 2 N–H and O–H groups in total. The molecular formula is C27H36F3N3O4S2. The van der Waals surface area contributed by atoms with E-state index >= 15 is 8.78 Å². The molecular weight excluding hydrogens is 551 g/mol. The van der Waals surface area contributed by atoms with Gasteiger partial charge in [0.2, 0.25) is 0 Å². The van der Waals surface area contributed by atoms with Gasteiger partial charge in [-0.05, 0) is 76.3 Å². The van der Waals surface area contributed by atoms with E-state index in [4.69, 9.17) is 4.74 Å². The minimum Gasteiger partial charge on any atom is -0.377 e. The van der Waals surface area contributed by atoms with Crippen molar-refractivity contribution in [3.05, 3.63) is 53.8 Å². The van der Waals surface area contributed by atoms with Crippen molar-refractivity contribution < 1.29 is 31.1 Å². The highest BCUT2D eigenvalue weighted by molar-refractivity contribution is 7.99. The molecule has 1 atom stereocenters. The molecule has 216 valence electrons. The molecule has 0 saturated heterocycles. The lowest BCUT2D eigenvalue weighted by Gasteiger charge is -2.29. The normalized spacial score (nSPS) is 16.5. The zero-order valence-corrected chi connectivity index (χ0v) is 24.1. The molecule has 0 bridgehead atoms. The second kappa shape index (κ2) is 13.9. The van der Waals surface area contributed by atoms with Crippen LogP contribution in [0.1, 0.15) is 44.9 Å². The third kappa shape index (κ3) is 8.60. The second-order valence-electron chi connectivity index (χ2n) is 10.0. The van der Waals surface area contributed by atoms with Crippen LogP contribution in [0, 0.1) is 17.5 Å². The van der Waals surface area contributed by atoms with Crippen LogP contribution in [-0.2, 0) is 19.6 Å². The molecule has 1 fully saturated rings. The quantitative estimate of drug-likeness (QED) is 0.262. The summed E-state index contributed by atoms with van der Waals surface area (Å²) in [6, 6.07) is 6.94. The highest BCUT2D eigenvalue weighted by Crippen LogP contribution is 2.31. The highest BCUT2D eigenvalue weighted by Gasteiger charge is 2.41. The Bertz CT molecular complexity index is 1200. The number of ether oxygens (including phenoxy) is 1. The van der Waals surface area contributed by atoms with E-state index in [0.29, 0.717) is 56.5 Å². The van der Waals surface area contributed by atoms with Gasteiger partial charge in [0.1, 0.15) is 17.1 Å². The van der Waals surface area contributed by atoms with E-state index in [-0.39, 0.29) is 11.9 Å². The van der Waals surface area contributed by atoms with Crippen molar-refractivity contribution in [2.45, 2.75) is 66.4 Å². The molecule has 1 aliphatic carbocycles. The van der Waals surface area contributed by atoms with Gasteiger partial charge < -0.3 is 15.0 Å². The number of anilines is 1. The average Bonchev–Trinajstić information content (AvgIpc) is 3.14. The van der Waals surface area contributed by atoms with Gasteiger partial charge in [-0.1, -0.05) is 25.7 Å². The first-order valence-electron chi connectivity index (χ1n) is 12.9. The first kappa shape index (κ1) is 31.3. The van der Waals surface area contributed by atoms with Gasteiger partial charge in [0, 0.05) is 23.8 Å². The zero-order chi connectivity index (χ0) is 28.6. The number of methoxy groups -OCH3 is 1. The molecule has 1 saturated carbocycles. The van der Waals surface area contributed by atoms with E-state index < -0.39 is 43.7 Å². The molecule has 3 rings (SSSR count).